The molecule has 0 amide bonds. The molecule has 2 heterocycles. The van der Waals surface area contributed by atoms with Crippen LogP contribution in [-0.2, 0) is 6.54 Å². The molecule has 1 aromatic carbocycles. The Hall–Kier alpha value is -1.65. The zero-order chi connectivity index (χ0) is 19.2. The molecule has 28 heavy (non-hydrogen) atoms. The van der Waals surface area contributed by atoms with Crippen molar-refractivity contribution in [2.45, 2.75) is 26.4 Å². The largest absolute Gasteiger partial charge is 0.354 e. The van der Waals surface area contributed by atoms with Gasteiger partial charge in [0.15, 0.2) is 5.96 Å². The van der Waals surface area contributed by atoms with Crippen molar-refractivity contribution in [2.75, 3.05) is 13.6 Å². The maximum atomic E-state index is 6.03. The van der Waals surface area contributed by atoms with Crippen molar-refractivity contribution in [2.24, 2.45) is 4.99 Å². The first-order chi connectivity index (χ1) is 13.1. The second kappa shape index (κ2) is 10.8. The molecular formula is C19H24ClIN6S. The third-order valence-electron chi connectivity index (χ3n) is 4.27. The molecule has 1 atom stereocenters. The predicted octanol–water partition coefficient (Wildman–Crippen LogP) is 4.18. The fourth-order valence-corrected chi connectivity index (χ4v) is 3.70. The van der Waals surface area contributed by atoms with Gasteiger partial charge in [0.1, 0.15) is 5.01 Å². The number of aryl methyl sites for hydroxylation is 2. The molecular weight excluding hydrogens is 507 g/mol. The van der Waals surface area contributed by atoms with Crippen LogP contribution in [0.4, 0.5) is 0 Å². The average molecular weight is 531 g/mol. The highest BCUT2D eigenvalue weighted by Crippen LogP contribution is 2.19. The van der Waals surface area contributed by atoms with E-state index in [2.05, 4.69) is 32.6 Å². The zero-order valence-corrected chi connectivity index (χ0v) is 19.9. The van der Waals surface area contributed by atoms with Crippen molar-refractivity contribution in [3.8, 4) is 0 Å². The number of nitrogens with zero attached hydrogens (tertiary/aromatic N) is 4. The molecule has 0 aliphatic rings. The minimum atomic E-state index is 0. The van der Waals surface area contributed by atoms with Gasteiger partial charge in [-0.2, -0.15) is 5.10 Å². The Labute approximate surface area is 191 Å². The molecule has 0 spiro atoms. The topological polar surface area (TPSA) is 67.1 Å². The number of rotatable bonds is 6. The first-order valence-corrected chi connectivity index (χ1v) is 9.88. The first kappa shape index (κ1) is 22.6. The third kappa shape index (κ3) is 5.92. The normalized spacial score (nSPS) is 12.4. The van der Waals surface area contributed by atoms with Gasteiger partial charge in [-0.15, -0.1) is 35.3 Å². The van der Waals surface area contributed by atoms with E-state index in [1.807, 2.05) is 48.1 Å². The van der Waals surface area contributed by atoms with Crippen molar-refractivity contribution in [1.82, 2.24) is 25.4 Å². The Morgan fingerprint density at radius 1 is 1.25 bits per heavy atom. The smallest absolute Gasteiger partial charge is 0.191 e. The lowest BCUT2D eigenvalue weighted by Gasteiger charge is -2.20. The number of aliphatic imine (C=N–C) groups is 1. The van der Waals surface area contributed by atoms with Gasteiger partial charge in [0.05, 0.1) is 18.3 Å². The predicted molar refractivity (Wildman–Crippen MR) is 127 cm³/mol. The standard InChI is InChI=1S/C19H23ClN6S.HI/c1-13-14(2)27-18(25-13)12-23-19(21-3)22-11-17(26-10-4-9-24-26)15-5-7-16(20)8-6-15;/h4-10,17H,11-12H2,1-3H3,(H2,21,22,23);1H. The van der Waals surface area contributed by atoms with E-state index in [1.54, 1.807) is 24.6 Å². The molecule has 3 aromatic rings. The molecule has 3 rings (SSSR count). The molecule has 0 fully saturated rings. The number of benzene rings is 1. The van der Waals surface area contributed by atoms with E-state index >= 15 is 0 Å². The van der Waals surface area contributed by atoms with Gasteiger partial charge < -0.3 is 10.6 Å². The van der Waals surface area contributed by atoms with Crippen LogP contribution in [0.1, 0.15) is 27.2 Å². The summed E-state index contributed by atoms with van der Waals surface area (Å²) >= 11 is 7.74. The maximum Gasteiger partial charge on any atom is 0.191 e. The van der Waals surface area contributed by atoms with E-state index in [9.17, 15) is 0 Å². The Morgan fingerprint density at radius 2 is 2.00 bits per heavy atom. The SMILES string of the molecule is CN=C(NCc1nc(C)c(C)s1)NCC(c1ccc(Cl)cc1)n1cccn1.I. The van der Waals surface area contributed by atoms with E-state index in [0.29, 0.717) is 13.1 Å². The molecule has 150 valence electrons. The quantitative estimate of drug-likeness (QED) is 0.285. The highest BCUT2D eigenvalue weighted by atomic mass is 127. The monoisotopic (exact) mass is 530 g/mol. The van der Waals surface area contributed by atoms with Gasteiger partial charge in [-0.25, -0.2) is 4.98 Å². The molecule has 9 heteroatoms. The summed E-state index contributed by atoms with van der Waals surface area (Å²) in [6.45, 7) is 5.40. The fourth-order valence-electron chi connectivity index (χ4n) is 2.70. The Balaban J connectivity index is 0.00000280. The average Bonchev–Trinajstić information content (AvgIpc) is 3.30. The van der Waals surface area contributed by atoms with E-state index in [4.69, 9.17) is 11.6 Å². The maximum absolute atomic E-state index is 6.03. The van der Waals surface area contributed by atoms with Crippen LogP contribution in [0.25, 0.3) is 0 Å². The van der Waals surface area contributed by atoms with Gasteiger partial charge >= 0.3 is 0 Å². The molecule has 0 aliphatic carbocycles. The number of aromatic nitrogens is 3. The van der Waals surface area contributed by atoms with E-state index in [-0.39, 0.29) is 30.0 Å². The fraction of sp³-hybridized carbons (Fsp3) is 0.316. The number of thiazole rings is 1. The Kier molecular flexibility index (Phi) is 8.71. The van der Waals surface area contributed by atoms with Crippen molar-refractivity contribution < 1.29 is 0 Å². The minimum Gasteiger partial charge on any atom is -0.354 e. The lowest BCUT2D eigenvalue weighted by molar-refractivity contribution is 0.510. The van der Waals surface area contributed by atoms with Crippen LogP contribution in [0.5, 0.6) is 0 Å². The zero-order valence-electron chi connectivity index (χ0n) is 16.0. The number of halogens is 2. The number of hydrogen-bond donors (Lipinski definition) is 2. The van der Waals surface area contributed by atoms with Crippen molar-refractivity contribution >= 4 is 52.9 Å². The summed E-state index contributed by atoms with van der Waals surface area (Å²) in [5.41, 5.74) is 2.21. The molecule has 1 unspecified atom stereocenters. The second-order valence-corrected chi connectivity index (χ2v) is 7.83. The van der Waals surface area contributed by atoms with E-state index in [0.717, 1.165) is 27.2 Å². The van der Waals surface area contributed by atoms with Crippen molar-refractivity contribution in [1.29, 1.82) is 0 Å². The molecule has 0 saturated carbocycles. The van der Waals surface area contributed by atoms with E-state index in [1.165, 1.54) is 4.88 Å². The summed E-state index contributed by atoms with van der Waals surface area (Å²) in [6, 6.07) is 9.78. The van der Waals surface area contributed by atoms with Crippen LogP contribution in [0, 0.1) is 13.8 Å². The molecule has 6 nitrogen and oxygen atoms in total. The van der Waals surface area contributed by atoms with E-state index < -0.39 is 0 Å². The molecule has 0 aliphatic heterocycles. The third-order valence-corrected chi connectivity index (χ3v) is 5.59. The molecule has 2 N–H and O–H groups in total. The van der Waals surface area contributed by atoms with Gasteiger partial charge in [-0.3, -0.25) is 9.67 Å². The van der Waals surface area contributed by atoms with Gasteiger partial charge in [0.2, 0.25) is 0 Å². The molecule has 0 saturated heterocycles. The summed E-state index contributed by atoms with van der Waals surface area (Å²) in [7, 11) is 1.76. The lowest BCUT2D eigenvalue weighted by Crippen LogP contribution is -2.40. The van der Waals surface area contributed by atoms with Crippen molar-refractivity contribution in [3.63, 3.8) is 0 Å². The summed E-state index contributed by atoms with van der Waals surface area (Å²) in [4.78, 5) is 10.1. The lowest BCUT2D eigenvalue weighted by atomic mass is 10.1. The number of hydrogen-bond acceptors (Lipinski definition) is 4. The number of guanidine groups is 1. The highest BCUT2D eigenvalue weighted by Gasteiger charge is 2.15. The van der Waals surface area contributed by atoms with Crippen molar-refractivity contribution in [3.05, 3.63) is 68.9 Å². The summed E-state index contributed by atoms with van der Waals surface area (Å²) in [6.07, 6.45) is 3.74. The van der Waals surface area contributed by atoms with Gasteiger partial charge in [0.25, 0.3) is 0 Å². The van der Waals surface area contributed by atoms with Crippen LogP contribution in [0.15, 0.2) is 47.7 Å². The highest BCUT2D eigenvalue weighted by molar-refractivity contribution is 14.0. The van der Waals surface area contributed by atoms with Gasteiger partial charge in [-0.1, -0.05) is 23.7 Å². The summed E-state index contributed by atoms with van der Waals surface area (Å²) < 4.78 is 1.93. The van der Waals surface area contributed by atoms with Crippen LogP contribution in [0.2, 0.25) is 5.02 Å². The molecule has 0 radical (unpaired) electrons. The molecule has 0 bridgehead atoms. The Morgan fingerprint density at radius 3 is 2.57 bits per heavy atom. The summed E-state index contributed by atoms with van der Waals surface area (Å²) in [5, 5.41) is 12.9. The second-order valence-electron chi connectivity index (χ2n) is 6.11. The first-order valence-electron chi connectivity index (χ1n) is 8.69. The van der Waals surface area contributed by atoms with Gasteiger partial charge in [0, 0.05) is 35.9 Å². The van der Waals surface area contributed by atoms with Crippen LogP contribution >= 0.6 is 46.9 Å². The minimum absolute atomic E-state index is 0. The summed E-state index contributed by atoms with van der Waals surface area (Å²) in [5.74, 6) is 0.728. The number of nitrogens with one attached hydrogen (secondary N) is 2. The molecule has 2 aromatic heterocycles. The van der Waals surface area contributed by atoms with Gasteiger partial charge in [-0.05, 0) is 37.6 Å². The van der Waals surface area contributed by atoms with Crippen LogP contribution in [-0.4, -0.2) is 34.3 Å². The van der Waals surface area contributed by atoms with Crippen LogP contribution < -0.4 is 10.6 Å². The van der Waals surface area contributed by atoms with Crippen LogP contribution in [0.3, 0.4) is 0 Å². The Bertz CT molecular complexity index is 872.